The molecule has 4 rings (SSSR count). The third-order valence-corrected chi connectivity index (χ3v) is 6.55. The van der Waals surface area contributed by atoms with Crippen molar-refractivity contribution in [1.29, 1.82) is 0 Å². The van der Waals surface area contributed by atoms with Crippen LogP contribution in [0.5, 0.6) is 0 Å². The second-order valence-corrected chi connectivity index (χ2v) is 8.36. The third kappa shape index (κ3) is 2.80. The van der Waals surface area contributed by atoms with Gasteiger partial charge in [-0.25, -0.2) is 17.2 Å². The lowest BCUT2D eigenvalue weighted by atomic mass is 10.1. The Balaban J connectivity index is 1.66. The summed E-state index contributed by atoms with van der Waals surface area (Å²) in [5.41, 5.74) is 7.89. The molecule has 3 N–H and O–H groups in total. The van der Waals surface area contributed by atoms with E-state index in [1.54, 1.807) is 24.4 Å². The van der Waals surface area contributed by atoms with Gasteiger partial charge in [0.2, 0.25) is 10.0 Å². The first-order chi connectivity index (χ1) is 12.4. The highest BCUT2D eigenvalue weighted by atomic mass is 32.2. The van der Waals surface area contributed by atoms with E-state index in [0.29, 0.717) is 5.52 Å². The summed E-state index contributed by atoms with van der Waals surface area (Å²) in [6.07, 6.45) is 0.400. The summed E-state index contributed by atoms with van der Waals surface area (Å²) in [5, 5.41) is 0.841. The van der Waals surface area contributed by atoms with Gasteiger partial charge in [0, 0.05) is 35.8 Å². The zero-order valence-corrected chi connectivity index (χ0v) is 14.5. The molecule has 5 nitrogen and oxygen atoms in total. The Labute approximate surface area is 149 Å². The van der Waals surface area contributed by atoms with E-state index in [9.17, 15) is 17.2 Å². The minimum atomic E-state index is -3.78. The molecule has 1 fully saturated rings. The molecular formula is C18H17F2N3O2S. The maximum atomic E-state index is 13.6. The van der Waals surface area contributed by atoms with Crippen molar-refractivity contribution >= 4 is 20.9 Å². The second kappa shape index (κ2) is 6.15. The van der Waals surface area contributed by atoms with Crippen LogP contribution in [0, 0.1) is 5.82 Å². The molecule has 1 aliphatic rings. The number of nitrogens with one attached hydrogen (secondary N) is 1. The molecule has 0 bridgehead atoms. The summed E-state index contributed by atoms with van der Waals surface area (Å²) >= 11 is 0. The van der Waals surface area contributed by atoms with E-state index >= 15 is 0 Å². The Kier molecular flexibility index (Phi) is 4.06. The summed E-state index contributed by atoms with van der Waals surface area (Å²) in [6.45, 7) is -0.251. The molecule has 0 saturated carbocycles. The second-order valence-electron chi connectivity index (χ2n) is 6.42. The van der Waals surface area contributed by atoms with Crippen molar-refractivity contribution in [1.82, 2.24) is 9.29 Å². The Bertz CT molecular complexity index is 1050. The molecule has 2 heterocycles. The molecule has 8 heteroatoms. The first-order valence-electron chi connectivity index (χ1n) is 8.13. The first-order valence-corrected chi connectivity index (χ1v) is 9.57. The van der Waals surface area contributed by atoms with Crippen LogP contribution >= 0.6 is 0 Å². The van der Waals surface area contributed by atoms with E-state index in [4.69, 9.17) is 5.73 Å². The van der Waals surface area contributed by atoms with E-state index in [1.807, 2.05) is 0 Å². The van der Waals surface area contributed by atoms with Crippen LogP contribution in [-0.2, 0) is 10.0 Å². The van der Waals surface area contributed by atoms with E-state index in [0.717, 1.165) is 20.8 Å². The van der Waals surface area contributed by atoms with Crippen molar-refractivity contribution < 1.29 is 17.2 Å². The molecule has 1 saturated heterocycles. The smallest absolute Gasteiger partial charge is 0.243 e. The predicted octanol–water partition coefficient (Wildman–Crippen LogP) is 2.64. The Morgan fingerprint density at radius 2 is 1.85 bits per heavy atom. The summed E-state index contributed by atoms with van der Waals surface area (Å²) in [4.78, 5) is 3.10. The fraction of sp³-hybridized carbons (Fsp3) is 0.222. The van der Waals surface area contributed by atoms with Crippen molar-refractivity contribution in [2.75, 3.05) is 13.1 Å². The van der Waals surface area contributed by atoms with E-state index < -0.39 is 22.2 Å². The number of halogens is 2. The number of hydrogen-bond acceptors (Lipinski definition) is 3. The van der Waals surface area contributed by atoms with Gasteiger partial charge in [-0.3, -0.25) is 0 Å². The van der Waals surface area contributed by atoms with Gasteiger partial charge in [0.15, 0.2) is 0 Å². The SMILES string of the molecule is N[C@@H]1CN(S(=O)(=O)c2ccc(-c3c[nH]c4cc(F)ccc34)cc2)C[C@@H]1F. The van der Waals surface area contributed by atoms with Crippen molar-refractivity contribution in [3.8, 4) is 11.1 Å². The number of sulfonamides is 1. The summed E-state index contributed by atoms with van der Waals surface area (Å²) in [5.74, 6) is -0.331. The molecule has 136 valence electrons. The van der Waals surface area contributed by atoms with Crippen LogP contribution in [-0.4, -0.2) is 43.0 Å². The van der Waals surface area contributed by atoms with Gasteiger partial charge >= 0.3 is 0 Å². The van der Waals surface area contributed by atoms with Crippen molar-refractivity contribution in [2.45, 2.75) is 17.1 Å². The average molecular weight is 377 g/mol. The number of aromatic amines is 1. The molecule has 0 radical (unpaired) electrons. The Hall–Kier alpha value is -2.29. The van der Waals surface area contributed by atoms with E-state index in [1.165, 1.54) is 24.3 Å². The third-order valence-electron chi connectivity index (χ3n) is 4.70. The molecule has 0 aliphatic carbocycles. The predicted molar refractivity (Wildman–Crippen MR) is 95.3 cm³/mol. The number of aromatic nitrogens is 1. The number of nitrogens with two attached hydrogens (primary N) is 1. The van der Waals surface area contributed by atoms with E-state index in [2.05, 4.69) is 4.98 Å². The van der Waals surface area contributed by atoms with Crippen molar-refractivity contribution in [3.63, 3.8) is 0 Å². The van der Waals surface area contributed by atoms with Crippen LogP contribution in [0.1, 0.15) is 0 Å². The molecule has 2 aromatic carbocycles. The fourth-order valence-corrected chi connectivity index (χ4v) is 4.73. The van der Waals surface area contributed by atoms with Crippen molar-refractivity contribution in [3.05, 3.63) is 54.5 Å². The maximum absolute atomic E-state index is 13.6. The molecule has 1 aromatic heterocycles. The van der Waals surface area contributed by atoms with Gasteiger partial charge in [0.25, 0.3) is 0 Å². The molecule has 0 spiro atoms. The number of alkyl halides is 1. The maximum Gasteiger partial charge on any atom is 0.243 e. The molecule has 3 aromatic rings. The van der Waals surface area contributed by atoms with Gasteiger partial charge in [0.05, 0.1) is 10.9 Å². The molecule has 1 aliphatic heterocycles. The molecule has 2 atom stereocenters. The lowest BCUT2D eigenvalue weighted by Gasteiger charge is -2.15. The normalized spacial score (nSPS) is 21.5. The number of benzene rings is 2. The molecule has 0 unspecified atom stereocenters. The zero-order valence-electron chi connectivity index (χ0n) is 13.7. The van der Waals surface area contributed by atoms with Crippen LogP contribution in [0.2, 0.25) is 0 Å². The van der Waals surface area contributed by atoms with Gasteiger partial charge in [-0.1, -0.05) is 12.1 Å². The average Bonchev–Trinajstić information content (AvgIpc) is 3.18. The number of fused-ring (bicyclic) bond motifs is 1. The summed E-state index contributed by atoms with van der Waals surface area (Å²) in [7, 11) is -3.78. The molecular weight excluding hydrogens is 360 g/mol. The van der Waals surface area contributed by atoms with Gasteiger partial charge in [0.1, 0.15) is 12.0 Å². The van der Waals surface area contributed by atoms with Crippen LogP contribution in [0.3, 0.4) is 0 Å². The largest absolute Gasteiger partial charge is 0.360 e. The molecule has 0 amide bonds. The Morgan fingerprint density at radius 1 is 1.12 bits per heavy atom. The number of rotatable bonds is 3. The fourth-order valence-electron chi connectivity index (χ4n) is 3.24. The van der Waals surface area contributed by atoms with Gasteiger partial charge in [-0.15, -0.1) is 0 Å². The summed E-state index contributed by atoms with van der Waals surface area (Å²) in [6, 6.07) is 10.0. The minimum absolute atomic E-state index is 0.0285. The monoisotopic (exact) mass is 377 g/mol. The lowest BCUT2D eigenvalue weighted by Crippen LogP contribution is -2.32. The Morgan fingerprint density at radius 3 is 2.50 bits per heavy atom. The highest BCUT2D eigenvalue weighted by Crippen LogP contribution is 2.30. The lowest BCUT2D eigenvalue weighted by molar-refractivity contribution is 0.322. The topological polar surface area (TPSA) is 79.2 Å². The van der Waals surface area contributed by atoms with Crippen molar-refractivity contribution in [2.24, 2.45) is 5.73 Å². The highest BCUT2D eigenvalue weighted by Gasteiger charge is 2.37. The highest BCUT2D eigenvalue weighted by molar-refractivity contribution is 7.89. The number of hydrogen-bond donors (Lipinski definition) is 2. The van der Waals surface area contributed by atoms with Crippen LogP contribution in [0.25, 0.3) is 22.0 Å². The standard InChI is InChI=1S/C18H17F2N3O2S/c19-12-3-6-14-15(8-22-18(14)7-12)11-1-4-13(5-2-11)26(24,25)23-9-16(20)17(21)10-23/h1-8,16-17,22H,9-10,21H2/t16-,17+/m0/s1. The zero-order chi connectivity index (χ0) is 18.5. The van der Waals surface area contributed by atoms with E-state index in [-0.39, 0.29) is 23.8 Å². The van der Waals surface area contributed by atoms with Gasteiger partial charge in [-0.2, -0.15) is 4.31 Å². The van der Waals surface area contributed by atoms with Crippen LogP contribution in [0.15, 0.2) is 53.6 Å². The van der Waals surface area contributed by atoms with Gasteiger partial charge < -0.3 is 10.7 Å². The summed E-state index contributed by atoms with van der Waals surface area (Å²) < 4.78 is 53.2. The number of nitrogens with zero attached hydrogens (tertiary/aromatic N) is 1. The number of H-pyrrole nitrogens is 1. The minimum Gasteiger partial charge on any atom is -0.360 e. The first kappa shape index (κ1) is 17.1. The molecule has 26 heavy (non-hydrogen) atoms. The van der Waals surface area contributed by atoms with Crippen LogP contribution < -0.4 is 5.73 Å². The van der Waals surface area contributed by atoms with Gasteiger partial charge in [-0.05, 0) is 35.9 Å². The van der Waals surface area contributed by atoms with Crippen LogP contribution in [0.4, 0.5) is 8.78 Å². The quantitative estimate of drug-likeness (QED) is 0.736.